The maximum absolute atomic E-state index is 6.29. The molecular formula is C30H51NO3S. The van der Waals surface area contributed by atoms with Crippen molar-refractivity contribution in [3.8, 4) is 23.3 Å². The molecular weight excluding hydrogens is 454 g/mol. The number of hydrogen-bond donors (Lipinski definition) is 0. The smallest absolute Gasteiger partial charge is 0.161 e. The molecule has 0 radical (unpaired) electrons. The van der Waals surface area contributed by atoms with Gasteiger partial charge < -0.3 is 13.7 Å². The summed E-state index contributed by atoms with van der Waals surface area (Å²) in [6, 6.07) is 4.78. The standard InChI is InChI=1S/C28H45NO3S.C2H6/c1-20(2)15-23-19-29-13-12-22-17-26(30-6)27(31-7)18-24(22)25(29)16-21(23)11-10-14-32-33(8,9)28(3,4)5;1-2/h17-18,20-21,23,25H,12-16,19H2,1-9H3;1-2H3/t21-,23+,25+;/m0./s1. The number of rotatable bonds is 6. The van der Waals surface area contributed by atoms with Crippen molar-refractivity contribution in [2.75, 3.05) is 46.4 Å². The van der Waals surface area contributed by atoms with E-state index in [0.29, 0.717) is 30.4 Å². The number of hydrogen-bond acceptors (Lipinski definition) is 4. The second-order valence-electron chi connectivity index (χ2n) is 11.3. The van der Waals surface area contributed by atoms with E-state index in [2.05, 4.69) is 76.0 Å². The van der Waals surface area contributed by atoms with Gasteiger partial charge >= 0.3 is 0 Å². The zero-order valence-electron chi connectivity index (χ0n) is 24.3. The molecule has 4 nitrogen and oxygen atoms in total. The Morgan fingerprint density at radius 2 is 1.71 bits per heavy atom. The summed E-state index contributed by atoms with van der Waals surface area (Å²) in [5.74, 6) is 10.4. The van der Waals surface area contributed by atoms with Gasteiger partial charge in [-0.3, -0.25) is 4.90 Å². The second kappa shape index (κ2) is 12.7. The van der Waals surface area contributed by atoms with Crippen LogP contribution in [0.2, 0.25) is 0 Å². The van der Waals surface area contributed by atoms with Crippen molar-refractivity contribution in [2.24, 2.45) is 17.8 Å². The molecule has 3 atom stereocenters. The summed E-state index contributed by atoms with van der Waals surface area (Å²) in [4.78, 5) is 2.68. The molecule has 0 unspecified atom stereocenters. The summed E-state index contributed by atoms with van der Waals surface area (Å²) in [5.41, 5.74) is 2.78. The fraction of sp³-hybridized carbons (Fsp3) is 0.733. The highest BCUT2D eigenvalue weighted by Gasteiger charge is 2.39. The molecule has 0 spiro atoms. The fourth-order valence-corrected chi connectivity index (χ4v) is 5.69. The molecule has 200 valence electrons. The molecule has 2 heterocycles. The van der Waals surface area contributed by atoms with Crippen LogP contribution in [0.5, 0.6) is 11.5 Å². The zero-order chi connectivity index (χ0) is 26.4. The van der Waals surface area contributed by atoms with E-state index in [0.717, 1.165) is 37.4 Å². The van der Waals surface area contributed by atoms with Crippen LogP contribution in [0.4, 0.5) is 0 Å². The first-order chi connectivity index (χ1) is 16.5. The van der Waals surface area contributed by atoms with E-state index in [1.165, 1.54) is 17.5 Å². The van der Waals surface area contributed by atoms with Crippen molar-refractivity contribution in [3.63, 3.8) is 0 Å². The fourth-order valence-electron chi connectivity index (χ4n) is 4.98. The average molecular weight is 506 g/mol. The van der Waals surface area contributed by atoms with Crippen molar-refractivity contribution in [3.05, 3.63) is 23.3 Å². The Balaban J connectivity index is 0.00000210. The summed E-state index contributed by atoms with van der Waals surface area (Å²) in [6.07, 6.45) is 7.85. The molecule has 0 aromatic heterocycles. The predicted octanol–water partition coefficient (Wildman–Crippen LogP) is 7.11. The normalized spacial score (nSPS) is 22.7. The van der Waals surface area contributed by atoms with Crippen molar-refractivity contribution in [1.29, 1.82) is 0 Å². The van der Waals surface area contributed by atoms with E-state index >= 15 is 0 Å². The van der Waals surface area contributed by atoms with Crippen LogP contribution in [0.25, 0.3) is 0 Å². The molecule has 35 heavy (non-hydrogen) atoms. The largest absolute Gasteiger partial charge is 0.493 e. The molecule has 0 amide bonds. The molecule has 0 aliphatic carbocycles. The predicted molar refractivity (Wildman–Crippen MR) is 153 cm³/mol. The Labute approximate surface area is 218 Å². The van der Waals surface area contributed by atoms with Gasteiger partial charge in [0.05, 0.1) is 14.2 Å². The van der Waals surface area contributed by atoms with Crippen LogP contribution in [0, 0.1) is 29.6 Å². The van der Waals surface area contributed by atoms with E-state index in [4.69, 9.17) is 13.7 Å². The lowest BCUT2D eigenvalue weighted by Crippen LogP contribution is -2.46. The van der Waals surface area contributed by atoms with Crippen LogP contribution in [0.1, 0.15) is 78.5 Å². The first-order valence-corrected chi connectivity index (χ1v) is 15.7. The third-order valence-corrected chi connectivity index (χ3v) is 11.2. The third-order valence-electron chi connectivity index (χ3n) is 7.59. The number of piperidine rings is 1. The summed E-state index contributed by atoms with van der Waals surface area (Å²) in [6.45, 7) is 18.2. The van der Waals surface area contributed by atoms with E-state index in [1.54, 1.807) is 14.2 Å². The van der Waals surface area contributed by atoms with Gasteiger partial charge in [-0.15, -0.1) is 10.3 Å². The quantitative estimate of drug-likeness (QED) is 0.386. The maximum Gasteiger partial charge on any atom is 0.161 e. The van der Waals surface area contributed by atoms with Crippen molar-refractivity contribution >= 4 is 10.3 Å². The Hall–Kier alpha value is -1.35. The van der Waals surface area contributed by atoms with Crippen molar-refractivity contribution in [1.82, 2.24) is 4.90 Å². The molecule has 2 aliphatic heterocycles. The first-order valence-electron chi connectivity index (χ1n) is 13.3. The average Bonchev–Trinajstić information content (AvgIpc) is 2.81. The molecule has 0 N–H and O–H groups in total. The van der Waals surface area contributed by atoms with Gasteiger partial charge in [0.1, 0.15) is 6.61 Å². The minimum Gasteiger partial charge on any atom is -0.493 e. The topological polar surface area (TPSA) is 30.9 Å². The molecule has 2 aliphatic rings. The van der Waals surface area contributed by atoms with E-state index in [-0.39, 0.29) is 4.75 Å². The summed E-state index contributed by atoms with van der Waals surface area (Å²) < 4.78 is 17.6. The lowest BCUT2D eigenvalue weighted by molar-refractivity contribution is 0.0648. The zero-order valence-corrected chi connectivity index (χ0v) is 25.1. The Morgan fingerprint density at radius 1 is 1.09 bits per heavy atom. The molecule has 0 saturated carbocycles. The van der Waals surface area contributed by atoms with Crippen LogP contribution in [0.3, 0.4) is 0 Å². The highest BCUT2D eigenvalue weighted by Crippen LogP contribution is 2.53. The van der Waals surface area contributed by atoms with Gasteiger partial charge in [0, 0.05) is 29.8 Å². The summed E-state index contributed by atoms with van der Waals surface area (Å²) in [7, 11) is 2.29. The van der Waals surface area contributed by atoms with Crippen LogP contribution < -0.4 is 9.47 Å². The number of benzene rings is 1. The Bertz CT molecular complexity index is 878. The monoisotopic (exact) mass is 505 g/mol. The van der Waals surface area contributed by atoms with Crippen LogP contribution in [0.15, 0.2) is 12.1 Å². The summed E-state index contributed by atoms with van der Waals surface area (Å²) in [5, 5.41) is 0. The molecule has 1 aromatic carbocycles. The van der Waals surface area contributed by atoms with Gasteiger partial charge in [-0.05, 0) is 66.9 Å². The minimum absolute atomic E-state index is 0.159. The molecule has 3 rings (SSSR count). The van der Waals surface area contributed by atoms with E-state index in [1.807, 2.05) is 13.8 Å². The number of nitrogens with zero attached hydrogens (tertiary/aromatic N) is 1. The Kier molecular flexibility index (Phi) is 10.9. The first kappa shape index (κ1) is 29.9. The minimum atomic E-state index is -1.14. The third kappa shape index (κ3) is 7.34. The molecule has 1 fully saturated rings. The van der Waals surface area contributed by atoms with Crippen molar-refractivity contribution in [2.45, 2.75) is 78.5 Å². The molecule has 1 aromatic rings. The van der Waals surface area contributed by atoms with E-state index in [9.17, 15) is 0 Å². The van der Waals surface area contributed by atoms with Gasteiger partial charge in [-0.1, -0.05) is 60.3 Å². The second-order valence-corrected chi connectivity index (χ2v) is 15.3. The van der Waals surface area contributed by atoms with Gasteiger partial charge in [-0.25, -0.2) is 0 Å². The molecule has 5 heteroatoms. The van der Waals surface area contributed by atoms with Crippen LogP contribution in [-0.4, -0.2) is 56.1 Å². The van der Waals surface area contributed by atoms with Gasteiger partial charge in [0.2, 0.25) is 0 Å². The molecule has 0 bridgehead atoms. The Morgan fingerprint density at radius 3 is 2.29 bits per heavy atom. The number of methoxy groups -OCH3 is 2. The van der Waals surface area contributed by atoms with Gasteiger partial charge in [0.15, 0.2) is 11.5 Å². The number of ether oxygens (including phenoxy) is 2. The molecule has 1 saturated heterocycles. The highest BCUT2D eigenvalue weighted by molar-refractivity contribution is 8.29. The van der Waals surface area contributed by atoms with Crippen LogP contribution in [-0.2, 0) is 10.6 Å². The lowest BCUT2D eigenvalue weighted by Gasteiger charge is -2.46. The lowest BCUT2D eigenvalue weighted by atomic mass is 9.74. The van der Waals surface area contributed by atoms with E-state index < -0.39 is 10.3 Å². The van der Waals surface area contributed by atoms with Crippen LogP contribution >= 0.6 is 10.3 Å². The highest BCUT2D eigenvalue weighted by atomic mass is 32.3. The van der Waals surface area contributed by atoms with Crippen molar-refractivity contribution < 1.29 is 13.7 Å². The van der Waals surface area contributed by atoms with Gasteiger partial charge in [-0.2, -0.15) is 0 Å². The number of fused-ring (bicyclic) bond motifs is 3. The van der Waals surface area contributed by atoms with Gasteiger partial charge in [0.25, 0.3) is 0 Å². The maximum atomic E-state index is 6.29. The summed E-state index contributed by atoms with van der Waals surface area (Å²) >= 11 is 0. The SMILES string of the molecule is CC.COc1cc2c(cc1OC)[C@H]1C[C@H](C#CCOS(C)(C)C(C)(C)C)[C@H](CC(C)C)CN1CC2.